The molecule has 2 aliphatic rings. The van der Waals surface area contributed by atoms with Gasteiger partial charge in [-0.05, 0) is 12.8 Å². The Morgan fingerprint density at radius 3 is 2.44 bits per heavy atom. The largest absolute Gasteiger partial charge is 0.394 e. The summed E-state index contributed by atoms with van der Waals surface area (Å²) in [7, 11) is 0. The first-order valence-corrected chi connectivity index (χ1v) is 9.32. The van der Waals surface area contributed by atoms with Crippen LogP contribution >= 0.6 is 0 Å². The number of ether oxygens (including phenoxy) is 2. The van der Waals surface area contributed by atoms with E-state index in [2.05, 4.69) is 0 Å². The first-order valence-electron chi connectivity index (χ1n) is 9.32. The summed E-state index contributed by atoms with van der Waals surface area (Å²) in [5.41, 5.74) is -1.84. The number of aliphatic hydroxyl groups is 5. The van der Waals surface area contributed by atoms with Crippen molar-refractivity contribution >= 4 is 5.78 Å². The van der Waals surface area contributed by atoms with E-state index in [0.29, 0.717) is 6.42 Å². The van der Waals surface area contributed by atoms with E-state index in [1.165, 1.54) is 0 Å². The van der Waals surface area contributed by atoms with Gasteiger partial charge in [-0.2, -0.15) is 0 Å². The average Bonchev–Trinajstić information content (AvgIpc) is 2.58. The van der Waals surface area contributed by atoms with Crippen LogP contribution in [0.4, 0.5) is 0 Å². The van der Waals surface area contributed by atoms with Crippen LogP contribution < -0.4 is 0 Å². The molecule has 8 atom stereocenters. The molecule has 1 saturated carbocycles. The lowest BCUT2D eigenvalue weighted by Crippen LogP contribution is -2.59. The van der Waals surface area contributed by atoms with Crippen LogP contribution in [0.5, 0.6) is 0 Å². The molecular formula is C19H32O8. The van der Waals surface area contributed by atoms with Crippen molar-refractivity contribution in [2.24, 2.45) is 11.3 Å². The first-order chi connectivity index (χ1) is 12.4. The smallest absolute Gasteiger partial charge is 0.187 e. The highest BCUT2D eigenvalue weighted by Crippen LogP contribution is 2.46. The molecule has 156 valence electrons. The van der Waals surface area contributed by atoms with E-state index in [9.17, 15) is 30.3 Å². The van der Waals surface area contributed by atoms with Crippen LogP contribution in [0, 0.1) is 11.3 Å². The summed E-state index contributed by atoms with van der Waals surface area (Å²) in [6.07, 6.45) is -3.51. The molecule has 27 heavy (non-hydrogen) atoms. The SMILES string of the molecule is C[C@@H](/C=C/[C@@]1(O)[C@@H](C)CC(=O)CC1(C)C)O[C@H]1O[C@@H](CO)[C@@H](O)[C@@H](O)[C@@H]1O. The van der Waals surface area contributed by atoms with Gasteiger partial charge in [0.15, 0.2) is 6.29 Å². The Morgan fingerprint density at radius 2 is 1.89 bits per heavy atom. The third-order valence-corrected chi connectivity index (χ3v) is 5.83. The third-order valence-electron chi connectivity index (χ3n) is 5.83. The number of carbonyl (C=O) groups is 1. The van der Waals surface area contributed by atoms with Crippen LogP contribution in [0.15, 0.2) is 12.2 Å². The van der Waals surface area contributed by atoms with E-state index in [1.54, 1.807) is 19.1 Å². The van der Waals surface area contributed by atoms with Crippen molar-refractivity contribution in [1.29, 1.82) is 0 Å². The summed E-state index contributed by atoms with van der Waals surface area (Å²) in [5.74, 6) is -0.138. The highest BCUT2D eigenvalue weighted by atomic mass is 16.7. The number of Topliss-reactive ketones (excluding diaryl/α,β-unsaturated/α-hetero) is 1. The van der Waals surface area contributed by atoms with Crippen molar-refractivity contribution in [3.05, 3.63) is 12.2 Å². The molecule has 2 rings (SSSR count). The summed E-state index contributed by atoms with van der Waals surface area (Å²) in [4.78, 5) is 11.9. The molecule has 0 unspecified atom stereocenters. The van der Waals surface area contributed by atoms with Gasteiger partial charge in [-0.3, -0.25) is 4.79 Å². The summed E-state index contributed by atoms with van der Waals surface area (Å²) in [6, 6.07) is 0. The fourth-order valence-corrected chi connectivity index (χ4v) is 3.98. The molecule has 0 amide bonds. The van der Waals surface area contributed by atoms with Crippen LogP contribution in [-0.4, -0.2) is 80.3 Å². The van der Waals surface area contributed by atoms with Crippen LogP contribution in [-0.2, 0) is 14.3 Å². The molecule has 1 saturated heterocycles. The Labute approximate surface area is 159 Å². The van der Waals surface area contributed by atoms with Gasteiger partial charge in [0.25, 0.3) is 0 Å². The van der Waals surface area contributed by atoms with E-state index in [0.717, 1.165) is 0 Å². The van der Waals surface area contributed by atoms with E-state index in [-0.39, 0.29) is 18.1 Å². The van der Waals surface area contributed by atoms with Crippen molar-refractivity contribution < 1.29 is 39.8 Å². The van der Waals surface area contributed by atoms with Crippen LogP contribution in [0.3, 0.4) is 0 Å². The summed E-state index contributed by atoms with van der Waals surface area (Å²) < 4.78 is 10.9. The molecule has 8 heteroatoms. The quantitative estimate of drug-likeness (QED) is 0.398. The number of hydrogen-bond acceptors (Lipinski definition) is 8. The van der Waals surface area contributed by atoms with E-state index in [4.69, 9.17) is 9.47 Å². The van der Waals surface area contributed by atoms with Gasteiger partial charge in [0.2, 0.25) is 0 Å². The molecule has 0 aromatic carbocycles. The fourth-order valence-electron chi connectivity index (χ4n) is 3.98. The number of ketones is 1. The normalized spacial score (nSPS) is 43.8. The number of carbonyl (C=O) groups excluding carboxylic acids is 1. The Kier molecular flexibility index (Phi) is 6.85. The number of hydrogen-bond donors (Lipinski definition) is 5. The van der Waals surface area contributed by atoms with Gasteiger partial charge in [-0.1, -0.05) is 32.9 Å². The zero-order valence-electron chi connectivity index (χ0n) is 16.3. The Bertz CT molecular complexity index is 560. The molecule has 5 N–H and O–H groups in total. The fraction of sp³-hybridized carbons (Fsp3) is 0.842. The summed E-state index contributed by atoms with van der Waals surface area (Å²) in [6.45, 7) is 6.65. The topological polar surface area (TPSA) is 137 Å². The lowest BCUT2D eigenvalue weighted by atomic mass is 9.60. The average molecular weight is 388 g/mol. The first kappa shape index (κ1) is 22.4. The van der Waals surface area contributed by atoms with E-state index in [1.807, 2.05) is 20.8 Å². The molecule has 0 radical (unpaired) electrons. The Hall–Kier alpha value is -0.870. The highest BCUT2D eigenvalue weighted by Gasteiger charge is 2.50. The van der Waals surface area contributed by atoms with E-state index >= 15 is 0 Å². The molecule has 1 aliphatic heterocycles. The molecule has 0 bridgehead atoms. The van der Waals surface area contributed by atoms with Gasteiger partial charge in [-0.15, -0.1) is 0 Å². The van der Waals surface area contributed by atoms with E-state index < -0.39 is 54.4 Å². The summed E-state index contributed by atoms with van der Waals surface area (Å²) >= 11 is 0. The number of rotatable bonds is 5. The Morgan fingerprint density at radius 1 is 1.26 bits per heavy atom. The van der Waals surface area contributed by atoms with Gasteiger partial charge in [0.05, 0.1) is 18.3 Å². The monoisotopic (exact) mass is 388 g/mol. The molecule has 8 nitrogen and oxygen atoms in total. The lowest BCUT2D eigenvalue weighted by Gasteiger charge is -2.48. The predicted molar refractivity (Wildman–Crippen MR) is 95.6 cm³/mol. The van der Waals surface area contributed by atoms with Gasteiger partial charge in [0.1, 0.15) is 30.2 Å². The second-order valence-corrected chi connectivity index (χ2v) is 8.43. The third kappa shape index (κ3) is 4.42. The van der Waals surface area contributed by atoms with Crippen LogP contribution in [0.1, 0.15) is 40.5 Å². The van der Waals surface area contributed by atoms with Gasteiger partial charge in [0, 0.05) is 18.3 Å². The summed E-state index contributed by atoms with van der Waals surface area (Å²) in [5, 5.41) is 50.1. The predicted octanol–water partition coefficient (Wildman–Crippen LogP) is -0.496. The van der Waals surface area contributed by atoms with Gasteiger partial charge in [-0.25, -0.2) is 0 Å². The number of aliphatic hydroxyl groups excluding tert-OH is 4. The van der Waals surface area contributed by atoms with Crippen molar-refractivity contribution in [3.8, 4) is 0 Å². The maximum absolute atomic E-state index is 11.9. The standard InChI is InChI=1S/C19H32O8/c1-10-7-12(21)8-18(3,4)19(10,25)6-5-11(2)26-17-16(24)15(23)14(22)13(9-20)27-17/h5-6,10-11,13-17,20,22-25H,7-9H2,1-4H3/b6-5+/t10-,11-,13-,14+,15+,16-,17-,19+/m0/s1. The maximum Gasteiger partial charge on any atom is 0.187 e. The van der Waals surface area contributed by atoms with Crippen LogP contribution in [0.25, 0.3) is 0 Å². The lowest BCUT2D eigenvalue weighted by molar-refractivity contribution is -0.306. The van der Waals surface area contributed by atoms with Crippen molar-refractivity contribution in [3.63, 3.8) is 0 Å². The molecule has 0 spiro atoms. The minimum atomic E-state index is -1.51. The molecular weight excluding hydrogens is 356 g/mol. The van der Waals surface area contributed by atoms with Gasteiger partial charge >= 0.3 is 0 Å². The zero-order chi connectivity index (χ0) is 20.6. The molecule has 0 aromatic heterocycles. The van der Waals surface area contributed by atoms with Gasteiger partial charge < -0.3 is 35.0 Å². The van der Waals surface area contributed by atoms with Crippen molar-refractivity contribution in [2.75, 3.05) is 6.61 Å². The molecule has 1 heterocycles. The zero-order valence-corrected chi connectivity index (χ0v) is 16.3. The van der Waals surface area contributed by atoms with Crippen molar-refractivity contribution in [2.45, 2.75) is 82.9 Å². The van der Waals surface area contributed by atoms with Crippen LogP contribution in [0.2, 0.25) is 0 Å². The minimum absolute atomic E-state index is 0.121. The van der Waals surface area contributed by atoms with Crippen molar-refractivity contribution in [1.82, 2.24) is 0 Å². The second-order valence-electron chi connectivity index (χ2n) is 8.43. The molecule has 0 aromatic rings. The Balaban J connectivity index is 2.08. The maximum atomic E-state index is 11.9. The minimum Gasteiger partial charge on any atom is -0.394 e. The second kappa shape index (κ2) is 8.24. The highest BCUT2D eigenvalue weighted by molar-refractivity contribution is 5.81. The molecule has 1 aliphatic carbocycles. The molecule has 2 fully saturated rings.